The number of aryl methyl sites for hydroxylation is 1. The Labute approximate surface area is 115 Å². The van der Waals surface area contributed by atoms with Crippen molar-refractivity contribution in [2.45, 2.75) is 31.8 Å². The Kier molecular flexibility index (Phi) is 2.94. The maximum Gasteiger partial charge on any atom is 0.170 e. The van der Waals surface area contributed by atoms with E-state index in [0.717, 1.165) is 47.3 Å². The van der Waals surface area contributed by atoms with E-state index in [2.05, 4.69) is 21.2 Å². The second kappa shape index (κ2) is 4.35. The van der Waals surface area contributed by atoms with Crippen LogP contribution in [0.3, 0.4) is 0 Å². The number of fused-ring (bicyclic) bond motifs is 1. The van der Waals surface area contributed by atoms with Crippen molar-refractivity contribution in [2.24, 2.45) is 0 Å². The van der Waals surface area contributed by atoms with E-state index >= 15 is 0 Å². The molecule has 18 heavy (non-hydrogen) atoms. The number of hydrogen-bond acceptors (Lipinski definition) is 3. The SMILES string of the molecule is Cc1cc2c(cc1Br)OC1(CCNCC1)CC2=O. The lowest BCUT2D eigenvalue weighted by Gasteiger charge is -2.41. The van der Waals surface area contributed by atoms with Crippen LogP contribution in [0.1, 0.15) is 35.2 Å². The summed E-state index contributed by atoms with van der Waals surface area (Å²) < 4.78 is 7.18. The predicted molar refractivity (Wildman–Crippen MR) is 73.3 cm³/mol. The van der Waals surface area contributed by atoms with Crippen LogP contribution in [0.25, 0.3) is 0 Å². The highest BCUT2D eigenvalue weighted by Crippen LogP contribution is 2.40. The van der Waals surface area contributed by atoms with Crippen LogP contribution in [-0.4, -0.2) is 24.5 Å². The zero-order valence-electron chi connectivity index (χ0n) is 10.4. The Morgan fingerprint density at radius 1 is 1.33 bits per heavy atom. The summed E-state index contributed by atoms with van der Waals surface area (Å²) in [5.41, 5.74) is 1.54. The van der Waals surface area contributed by atoms with Crippen LogP contribution >= 0.6 is 15.9 Å². The molecule has 0 atom stereocenters. The molecular weight excluding hydrogens is 294 g/mol. The molecule has 0 aromatic heterocycles. The summed E-state index contributed by atoms with van der Waals surface area (Å²) in [7, 11) is 0. The molecule has 1 saturated heterocycles. The van der Waals surface area contributed by atoms with E-state index in [1.54, 1.807) is 0 Å². The second-order valence-electron chi connectivity index (χ2n) is 5.23. The van der Waals surface area contributed by atoms with Gasteiger partial charge >= 0.3 is 0 Å². The van der Waals surface area contributed by atoms with Crippen molar-refractivity contribution < 1.29 is 9.53 Å². The molecule has 2 heterocycles. The van der Waals surface area contributed by atoms with E-state index in [1.807, 2.05) is 19.1 Å². The van der Waals surface area contributed by atoms with Crippen LogP contribution in [0.4, 0.5) is 0 Å². The Hall–Kier alpha value is -0.870. The number of Topliss-reactive ketones (excluding diaryl/α,β-unsaturated/α-hetero) is 1. The van der Waals surface area contributed by atoms with Crippen molar-refractivity contribution in [1.82, 2.24) is 5.32 Å². The van der Waals surface area contributed by atoms with Gasteiger partial charge in [-0.1, -0.05) is 15.9 Å². The number of hydrogen-bond donors (Lipinski definition) is 1. The van der Waals surface area contributed by atoms with Crippen LogP contribution in [0.15, 0.2) is 16.6 Å². The van der Waals surface area contributed by atoms with E-state index < -0.39 is 0 Å². The molecule has 96 valence electrons. The minimum absolute atomic E-state index is 0.216. The van der Waals surface area contributed by atoms with E-state index in [1.165, 1.54) is 0 Å². The molecule has 1 N–H and O–H groups in total. The van der Waals surface area contributed by atoms with Gasteiger partial charge in [0.2, 0.25) is 0 Å². The number of piperidine rings is 1. The molecule has 0 aliphatic carbocycles. The number of rotatable bonds is 0. The van der Waals surface area contributed by atoms with Gasteiger partial charge in [0.1, 0.15) is 11.4 Å². The second-order valence-corrected chi connectivity index (χ2v) is 6.09. The smallest absolute Gasteiger partial charge is 0.170 e. The molecule has 1 fully saturated rings. The maximum absolute atomic E-state index is 12.3. The summed E-state index contributed by atoms with van der Waals surface area (Å²) in [6, 6.07) is 3.86. The van der Waals surface area contributed by atoms with E-state index in [0.29, 0.717) is 6.42 Å². The van der Waals surface area contributed by atoms with Gasteiger partial charge in [0.05, 0.1) is 12.0 Å². The van der Waals surface area contributed by atoms with Gasteiger partial charge in [-0.2, -0.15) is 0 Å². The number of benzene rings is 1. The molecule has 1 aromatic rings. The molecule has 2 aliphatic heterocycles. The lowest BCUT2D eigenvalue weighted by Crippen LogP contribution is -2.49. The average molecular weight is 310 g/mol. The van der Waals surface area contributed by atoms with Gasteiger partial charge in [-0.05, 0) is 37.7 Å². The Morgan fingerprint density at radius 3 is 2.78 bits per heavy atom. The van der Waals surface area contributed by atoms with Crippen molar-refractivity contribution in [3.8, 4) is 5.75 Å². The first-order chi connectivity index (χ1) is 8.60. The zero-order valence-corrected chi connectivity index (χ0v) is 12.0. The number of ketones is 1. The predicted octanol–water partition coefficient (Wildman–Crippen LogP) is 2.84. The van der Waals surface area contributed by atoms with E-state index in [-0.39, 0.29) is 11.4 Å². The zero-order chi connectivity index (χ0) is 12.8. The molecule has 0 amide bonds. The summed E-state index contributed by atoms with van der Waals surface area (Å²) in [4.78, 5) is 12.3. The fraction of sp³-hybridized carbons (Fsp3) is 0.500. The van der Waals surface area contributed by atoms with Crippen LogP contribution in [-0.2, 0) is 0 Å². The van der Waals surface area contributed by atoms with Crippen molar-refractivity contribution >= 4 is 21.7 Å². The molecule has 4 heteroatoms. The van der Waals surface area contributed by atoms with Crippen LogP contribution < -0.4 is 10.1 Å². The van der Waals surface area contributed by atoms with Crippen molar-refractivity contribution in [3.05, 3.63) is 27.7 Å². The molecule has 1 aromatic carbocycles. The first-order valence-electron chi connectivity index (χ1n) is 6.33. The summed E-state index contributed by atoms with van der Waals surface area (Å²) in [5.74, 6) is 0.958. The monoisotopic (exact) mass is 309 g/mol. The third kappa shape index (κ3) is 1.97. The van der Waals surface area contributed by atoms with Crippen molar-refractivity contribution in [1.29, 1.82) is 0 Å². The fourth-order valence-corrected chi connectivity index (χ4v) is 3.11. The number of carbonyl (C=O) groups excluding carboxylic acids is 1. The van der Waals surface area contributed by atoms with Gasteiger partial charge < -0.3 is 10.1 Å². The summed E-state index contributed by atoms with van der Waals surface area (Å²) >= 11 is 3.50. The molecular formula is C14H16BrNO2. The van der Waals surface area contributed by atoms with Crippen LogP contribution in [0, 0.1) is 6.92 Å². The highest BCUT2D eigenvalue weighted by atomic mass is 79.9. The van der Waals surface area contributed by atoms with Gasteiger partial charge in [-0.3, -0.25) is 4.79 Å². The van der Waals surface area contributed by atoms with Gasteiger partial charge in [0.25, 0.3) is 0 Å². The molecule has 0 saturated carbocycles. The highest BCUT2D eigenvalue weighted by molar-refractivity contribution is 9.10. The average Bonchev–Trinajstić information content (AvgIpc) is 2.33. The van der Waals surface area contributed by atoms with Gasteiger partial charge in [-0.25, -0.2) is 0 Å². The minimum Gasteiger partial charge on any atom is -0.486 e. The van der Waals surface area contributed by atoms with E-state index in [4.69, 9.17) is 4.74 Å². The molecule has 3 nitrogen and oxygen atoms in total. The molecule has 0 bridgehead atoms. The Morgan fingerprint density at radius 2 is 2.06 bits per heavy atom. The van der Waals surface area contributed by atoms with Gasteiger partial charge in [-0.15, -0.1) is 0 Å². The quantitative estimate of drug-likeness (QED) is 0.801. The summed E-state index contributed by atoms with van der Waals surface area (Å²) in [5, 5.41) is 3.32. The van der Waals surface area contributed by atoms with Gasteiger partial charge in [0.15, 0.2) is 5.78 Å². The molecule has 2 aliphatic rings. The first-order valence-corrected chi connectivity index (χ1v) is 7.12. The van der Waals surface area contributed by atoms with Crippen LogP contribution in [0.5, 0.6) is 5.75 Å². The number of nitrogens with one attached hydrogen (secondary N) is 1. The third-order valence-electron chi connectivity index (χ3n) is 3.89. The van der Waals surface area contributed by atoms with Gasteiger partial charge in [0, 0.05) is 17.3 Å². The largest absolute Gasteiger partial charge is 0.486 e. The Balaban J connectivity index is 2.01. The lowest BCUT2D eigenvalue weighted by molar-refractivity contribution is 0.0187. The number of ether oxygens (including phenoxy) is 1. The topological polar surface area (TPSA) is 38.3 Å². The molecule has 0 radical (unpaired) electrons. The molecule has 1 spiro atoms. The lowest BCUT2D eigenvalue weighted by atomic mass is 9.83. The summed E-state index contributed by atoms with van der Waals surface area (Å²) in [6.45, 7) is 3.85. The van der Waals surface area contributed by atoms with Crippen molar-refractivity contribution in [3.63, 3.8) is 0 Å². The first kappa shape index (κ1) is 12.2. The number of halogens is 1. The standard InChI is InChI=1S/C14H16BrNO2/c1-9-6-10-12(17)8-14(2-4-16-5-3-14)18-13(10)7-11(9)15/h6-7,16H,2-5,8H2,1H3. The minimum atomic E-state index is -0.274. The highest BCUT2D eigenvalue weighted by Gasteiger charge is 2.41. The van der Waals surface area contributed by atoms with Crippen LogP contribution in [0.2, 0.25) is 0 Å². The Bertz CT molecular complexity index is 507. The fourth-order valence-electron chi connectivity index (χ4n) is 2.78. The normalized spacial score (nSPS) is 21.6. The van der Waals surface area contributed by atoms with Crippen molar-refractivity contribution in [2.75, 3.05) is 13.1 Å². The van der Waals surface area contributed by atoms with E-state index in [9.17, 15) is 4.79 Å². The number of carbonyl (C=O) groups is 1. The molecule has 3 rings (SSSR count). The summed E-state index contributed by atoms with van der Waals surface area (Å²) in [6.07, 6.45) is 2.33. The molecule has 0 unspecified atom stereocenters. The maximum atomic E-state index is 12.3. The third-order valence-corrected chi connectivity index (χ3v) is 4.74.